The molecular formula is C16H20ClFN2O. The molecular weight excluding hydrogens is 291 g/mol. The predicted octanol–water partition coefficient (Wildman–Crippen LogP) is 4.31. The van der Waals surface area contributed by atoms with E-state index in [9.17, 15) is 4.39 Å². The molecule has 1 N–H and O–H groups in total. The third kappa shape index (κ3) is 4.83. The molecule has 1 heterocycles. The first-order valence-corrected chi connectivity index (χ1v) is 7.55. The second-order valence-corrected chi connectivity index (χ2v) is 5.88. The third-order valence-corrected chi connectivity index (χ3v) is 3.28. The Hall–Kier alpha value is -1.39. The molecule has 0 aliphatic rings. The summed E-state index contributed by atoms with van der Waals surface area (Å²) < 4.78 is 19.4. The van der Waals surface area contributed by atoms with Crippen LogP contribution in [-0.4, -0.2) is 18.1 Å². The number of aromatic nitrogens is 1. The Labute approximate surface area is 129 Å². The fraction of sp³-hybridized carbons (Fsp3) is 0.438. The van der Waals surface area contributed by atoms with Gasteiger partial charge in [-0.1, -0.05) is 25.4 Å². The van der Waals surface area contributed by atoms with E-state index in [1.807, 2.05) is 0 Å². The van der Waals surface area contributed by atoms with Gasteiger partial charge in [-0.05, 0) is 43.6 Å². The van der Waals surface area contributed by atoms with Gasteiger partial charge in [0.25, 0.3) is 0 Å². The van der Waals surface area contributed by atoms with E-state index in [4.69, 9.17) is 16.0 Å². The molecule has 0 radical (unpaired) electrons. The molecule has 1 aromatic carbocycles. The molecule has 3 nitrogen and oxygen atoms in total. The summed E-state index contributed by atoms with van der Waals surface area (Å²) in [6, 6.07) is 4.51. The molecule has 2 aromatic rings. The van der Waals surface area contributed by atoms with Crippen LogP contribution >= 0.6 is 11.6 Å². The van der Waals surface area contributed by atoms with E-state index in [1.165, 1.54) is 6.07 Å². The van der Waals surface area contributed by atoms with Crippen LogP contribution in [0.4, 0.5) is 4.39 Å². The minimum atomic E-state index is -0.399. The van der Waals surface area contributed by atoms with Crippen molar-refractivity contribution in [2.45, 2.75) is 26.7 Å². The van der Waals surface area contributed by atoms with Gasteiger partial charge in [0, 0.05) is 11.4 Å². The number of aryl methyl sites for hydroxylation is 1. The van der Waals surface area contributed by atoms with Crippen molar-refractivity contribution in [3.8, 4) is 11.3 Å². The minimum absolute atomic E-state index is 0.368. The summed E-state index contributed by atoms with van der Waals surface area (Å²) in [4.78, 5) is 4.19. The lowest BCUT2D eigenvalue weighted by Gasteiger charge is -2.05. The molecule has 0 bridgehead atoms. The average Bonchev–Trinajstić information content (AvgIpc) is 2.86. The third-order valence-electron chi connectivity index (χ3n) is 3.05. The normalized spacial score (nSPS) is 11.3. The summed E-state index contributed by atoms with van der Waals surface area (Å²) in [6.45, 7) is 6.28. The van der Waals surface area contributed by atoms with Gasteiger partial charge in [0.15, 0.2) is 11.7 Å². The Bertz CT molecular complexity index is 583. The Morgan fingerprint density at radius 3 is 2.90 bits per heavy atom. The van der Waals surface area contributed by atoms with Crippen LogP contribution in [0.15, 0.2) is 28.8 Å². The van der Waals surface area contributed by atoms with Gasteiger partial charge in [-0.15, -0.1) is 0 Å². The summed E-state index contributed by atoms with van der Waals surface area (Å²) >= 11 is 5.74. The fourth-order valence-electron chi connectivity index (χ4n) is 2.00. The summed E-state index contributed by atoms with van der Waals surface area (Å²) in [5, 5.41) is 3.73. The topological polar surface area (TPSA) is 38.1 Å². The lowest BCUT2D eigenvalue weighted by molar-refractivity contribution is 0.481. The first-order chi connectivity index (χ1) is 10.1. The van der Waals surface area contributed by atoms with Gasteiger partial charge in [-0.2, -0.15) is 0 Å². The molecule has 0 aliphatic carbocycles. The largest absolute Gasteiger partial charge is 0.441 e. The van der Waals surface area contributed by atoms with E-state index >= 15 is 0 Å². The van der Waals surface area contributed by atoms with Crippen molar-refractivity contribution in [2.75, 3.05) is 13.1 Å². The van der Waals surface area contributed by atoms with Gasteiger partial charge in [0.2, 0.25) is 0 Å². The van der Waals surface area contributed by atoms with Crippen LogP contribution < -0.4 is 5.32 Å². The van der Waals surface area contributed by atoms with E-state index < -0.39 is 5.82 Å². The summed E-state index contributed by atoms with van der Waals surface area (Å²) in [5.41, 5.74) is 0.385. The first-order valence-electron chi connectivity index (χ1n) is 7.17. The van der Waals surface area contributed by atoms with Crippen LogP contribution in [-0.2, 0) is 6.42 Å². The molecule has 114 valence electrons. The lowest BCUT2D eigenvalue weighted by Crippen LogP contribution is -2.21. The van der Waals surface area contributed by atoms with Crippen LogP contribution in [0.1, 0.15) is 26.2 Å². The van der Waals surface area contributed by atoms with E-state index in [2.05, 4.69) is 24.1 Å². The van der Waals surface area contributed by atoms with Crippen molar-refractivity contribution >= 4 is 11.6 Å². The van der Waals surface area contributed by atoms with Crippen LogP contribution in [0.5, 0.6) is 0 Å². The van der Waals surface area contributed by atoms with Crippen molar-refractivity contribution in [1.82, 2.24) is 10.3 Å². The van der Waals surface area contributed by atoms with Crippen molar-refractivity contribution in [2.24, 2.45) is 5.92 Å². The maximum atomic E-state index is 13.8. The number of hydrogen-bond acceptors (Lipinski definition) is 3. The van der Waals surface area contributed by atoms with Gasteiger partial charge in [0.1, 0.15) is 5.82 Å². The van der Waals surface area contributed by atoms with Gasteiger partial charge in [-0.3, -0.25) is 0 Å². The molecule has 0 spiro atoms. The number of nitrogens with one attached hydrogen (secondary N) is 1. The zero-order valence-electron chi connectivity index (χ0n) is 12.3. The zero-order valence-corrected chi connectivity index (χ0v) is 13.1. The molecule has 0 aliphatic heterocycles. The van der Waals surface area contributed by atoms with E-state index in [-0.39, 0.29) is 0 Å². The number of benzene rings is 1. The van der Waals surface area contributed by atoms with Crippen LogP contribution in [0.2, 0.25) is 5.02 Å². The van der Waals surface area contributed by atoms with Crippen LogP contribution in [0, 0.1) is 11.7 Å². The smallest absolute Gasteiger partial charge is 0.194 e. The Morgan fingerprint density at radius 2 is 2.19 bits per heavy atom. The van der Waals surface area contributed by atoms with Crippen LogP contribution in [0.25, 0.3) is 11.3 Å². The number of nitrogens with zero attached hydrogens (tertiary/aromatic N) is 1. The first kappa shape index (κ1) is 16.0. The molecule has 0 unspecified atom stereocenters. The Morgan fingerprint density at radius 1 is 1.38 bits per heavy atom. The molecule has 0 fully saturated rings. The van der Waals surface area contributed by atoms with Crippen molar-refractivity contribution < 1.29 is 8.81 Å². The predicted molar refractivity (Wildman–Crippen MR) is 82.9 cm³/mol. The summed E-state index contributed by atoms with van der Waals surface area (Å²) in [6.07, 6.45) is 3.24. The maximum Gasteiger partial charge on any atom is 0.194 e. The highest BCUT2D eigenvalue weighted by molar-refractivity contribution is 6.30. The lowest BCUT2D eigenvalue weighted by atomic mass is 10.2. The number of halogens is 2. The van der Waals surface area contributed by atoms with Gasteiger partial charge < -0.3 is 9.73 Å². The molecule has 1 aromatic heterocycles. The SMILES string of the molecule is CC(C)CNCCCc1ncc(-c2ccc(Cl)cc2F)o1. The number of hydrogen-bond donors (Lipinski definition) is 1. The second kappa shape index (κ2) is 7.57. The van der Waals surface area contributed by atoms with E-state index in [0.717, 1.165) is 25.9 Å². The highest BCUT2D eigenvalue weighted by Gasteiger charge is 2.11. The van der Waals surface area contributed by atoms with E-state index in [1.54, 1.807) is 18.3 Å². The molecule has 0 saturated heterocycles. The fourth-order valence-corrected chi connectivity index (χ4v) is 2.15. The van der Waals surface area contributed by atoms with Crippen LogP contribution in [0.3, 0.4) is 0 Å². The summed E-state index contributed by atoms with van der Waals surface area (Å²) in [7, 11) is 0. The van der Waals surface area contributed by atoms with Crippen molar-refractivity contribution in [3.63, 3.8) is 0 Å². The maximum absolute atomic E-state index is 13.8. The van der Waals surface area contributed by atoms with Gasteiger partial charge in [0.05, 0.1) is 11.8 Å². The molecule has 0 saturated carbocycles. The van der Waals surface area contributed by atoms with Crippen molar-refractivity contribution in [3.05, 3.63) is 41.1 Å². The molecule has 5 heteroatoms. The van der Waals surface area contributed by atoms with Crippen molar-refractivity contribution in [1.29, 1.82) is 0 Å². The molecule has 0 amide bonds. The zero-order chi connectivity index (χ0) is 15.2. The Balaban J connectivity index is 1.89. The van der Waals surface area contributed by atoms with Gasteiger partial charge >= 0.3 is 0 Å². The summed E-state index contributed by atoms with van der Waals surface area (Å²) in [5.74, 6) is 1.31. The number of oxazole rings is 1. The monoisotopic (exact) mass is 310 g/mol. The molecule has 0 atom stereocenters. The average molecular weight is 311 g/mol. The van der Waals surface area contributed by atoms with Gasteiger partial charge in [-0.25, -0.2) is 9.37 Å². The highest BCUT2D eigenvalue weighted by Crippen LogP contribution is 2.26. The highest BCUT2D eigenvalue weighted by atomic mass is 35.5. The Kier molecular flexibility index (Phi) is 5.76. The quantitative estimate of drug-likeness (QED) is 0.774. The standard InChI is InChI=1S/C16H20ClFN2O/c1-11(2)9-19-7-3-4-16-20-10-15(21-16)13-6-5-12(17)8-14(13)18/h5-6,8,10-11,19H,3-4,7,9H2,1-2H3. The second-order valence-electron chi connectivity index (χ2n) is 5.44. The molecule has 21 heavy (non-hydrogen) atoms. The minimum Gasteiger partial charge on any atom is -0.441 e. The van der Waals surface area contributed by atoms with E-state index in [0.29, 0.717) is 28.2 Å². The molecule has 2 rings (SSSR count). The number of rotatable bonds is 7.